The standard InChI is InChI=1S/C16H25ClN2S/c1-2-18-16(14-6-3-4-7-15(14)17)8-10-19-9-5-12-20-13-11-19/h3-4,6-7,16,18H,2,5,8-13H2,1H3. The molecule has 0 saturated carbocycles. The molecule has 1 aliphatic rings. The molecule has 1 unspecified atom stereocenters. The zero-order chi connectivity index (χ0) is 14.2. The molecule has 1 aliphatic heterocycles. The monoisotopic (exact) mass is 312 g/mol. The highest BCUT2D eigenvalue weighted by Crippen LogP contribution is 2.25. The van der Waals surface area contributed by atoms with Gasteiger partial charge in [-0.15, -0.1) is 0 Å². The van der Waals surface area contributed by atoms with Crippen LogP contribution in [0.2, 0.25) is 5.02 Å². The van der Waals surface area contributed by atoms with Crippen molar-refractivity contribution in [3.8, 4) is 0 Å². The second kappa shape index (κ2) is 8.93. The summed E-state index contributed by atoms with van der Waals surface area (Å²) in [7, 11) is 0. The van der Waals surface area contributed by atoms with E-state index in [1.807, 2.05) is 12.1 Å². The van der Waals surface area contributed by atoms with Gasteiger partial charge in [0, 0.05) is 23.4 Å². The first-order valence-electron chi connectivity index (χ1n) is 7.59. The summed E-state index contributed by atoms with van der Waals surface area (Å²) in [6, 6.07) is 8.58. The van der Waals surface area contributed by atoms with Gasteiger partial charge in [0.05, 0.1) is 0 Å². The van der Waals surface area contributed by atoms with Gasteiger partial charge >= 0.3 is 0 Å². The van der Waals surface area contributed by atoms with Crippen LogP contribution < -0.4 is 5.32 Å². The third-order valence-electron chi connectivity index (χ3n) is 3.78. The Labute approximate surface area is 132 Å². The summed E-state index contributed by atoms with van der Waals surface area (Å²) in [5.74, 6) is 2.59. The van der Waals surface area contributed by atoms with Crippen molar-refractivity contribution in [1.82, 2.24) is 10.2 Å². The highest BCUT2D eigenvalue weighted by atomic mass is 35.5. The SMILES string of the molecule is CCNC(CCN1CCCSCC1)c1ccccc1Cl. The van der Waals surface area contributed by atoms with Crippen LogP contribution in [0.25, 0.3) is 0 Å². The van der Waals surface area contributed by atoms with Gasteiger partial charge in [0.1, 0.15) is 0 Å². The fourth-order valence-electron chi connectivity index (χ4n) is 2.70. The maximum atomic E-state index is 6.35. The molecular weight excluding hydrogens is 288 g/mol. The average molecular weight is 313 g/mol. The summed E-state index contributed by atoms with van der Waals surface area (Å²) in [4.78, 5) is 2.60. The molecule has 0 radical (unpaired) electrons. The van der Waals surface area contributed by atoms with Crippen LogP contribution in [0.3, 0.4) is 0 Å². The number of halogens is 1. The highest BCUT2D eigenvalue weighted by Gasteiger charge is 2.16. The quantitative estimate of drug-likeness (QED) is 0.859. The van der Waals surface area contributed by atoms with Crippen molar-refractivity contribution in [2.75, 3.05) is 37.7 Å². The minimum atomic E-state index is 0.365. The minimum Gasteiger partial charge on any atom is -0.310 e. The molecule has 4 heteroatoms. The van der Waals surface area contributed by atoms with Crippen molar-refractivity contribution in [3.05, 3.63) is 34.9 Å². The molecule has 0 aliphatic carbocycles. The molecule has 0 bridgehead atoms. The maximum Gasteiger partial charge on any atom is 0.0453 e. The Hall–Kier alpha value is -0.220. The Balaban J connectivity index is 1.93. The number of nitrogens with zero attached hydrogens (tertiary/aromatic N) is 1. The van der Waals surface area contributed by atoms with Crippen molar-refractivity contribution >= 4 is 23.4 Å². The van der Waals surface area contributed by atoms with Crippen molar-refractivity contribution in [1.29, 1.82) is 0 Å². The van der Waals surface area contributed by atoms with Gasteiger partial charge in [-0.1, -0.05) is 36.7 Å². The van der Waals surface area contributed by atoms with Gasteiger partial charge in [0.25, 0.3) is 0 Å². The van der Waals surface area contributed by atoms with Crippen LogP contribution in [0, 0.1) is 0 Å². The van der Waals surface area contributed by atoms with E-state index in [1.165, 1.54) is 36.6 Å². The molecule has 1 aromatic carbocycles. The predicted molar refractivity (Wildman–Crippen MR) is 90.9 cm³/mol. The summed E-state index contributed by atoms with van der Waals surface area (Å²) >= 11 is 8.43. The second-order valence-electron chi connectivity index (χ2n) is 5.23. The Morgan fingerprint density at radius 3 is 2.95 bits per heavy atom. The molecule has 0 aromatic heterocycles. The van der Waals surface area contributed by atoms with Crippen LogP contribution in [0.4, 0.5) is 0 Å². The van der Waals surface area contributed by atoms with Gasteiger partial charge in [-0.25, -0.2) is 0 Å². The number of benzene rings is 1. The average Bonchev–Trinajstić information content (AvgIpc) is 2.73. The lowest BCUT2D eigenvalue weighted by molar-refractivity contribution is 0.275. The first-order valence-corrected chi connectivity index (χ1v) is 9.12. The normalized spacial score (nSPS) is 18.7. The lowest BCUT2D eigenvalue weighted by atomic mass is 10.0. The first kappa shape index (κ1) is 16.2. The summed E-state index contributed by atoms with van der Waals surface area (Å²) in [5.41, 5.74) is 1.24. The first-order chi connectivity index (χ1) is 9.81. The summed E-state index contributed by atoms with van der Waals surface area (Å²) in [6.45, 7) is 6.77. The van der Waals surface area contributed by atoms with Crippen molar-refractivity contribution < 1.29 is 0 Å². The van der Waals surface area contributed by atoms with Gasteiger partial charge in [-0.3, -0.25) is 0 Å². The van der Waals surface area contributed by atoms with Gasteiger partial charge in [-0.05, 0) is 49.9 Å². The molecule has 2 nitrogen and oxygen atoms in total. The fourth-order valence-corrected chi connectivity index (χ4v) is 3.90. The van der Waals surface area contributed by atoms with Crippen LogP contribution in [0.1, 0.15) is 31.4 Å². The third-order valence-corrected chi connectivity index (χ3v) is 5.17. The Morgan fingerprint density at radius 2 is 2.15 bits per heavy atom. The highest BCUT2D eigenvalue weighted by molar-refractivity contribution is 7.99. The van der Waals surface area contributed by atoms with Crippen LogP contribution in [0.15, 0.2) is 24.3 Å². The van der Waals surface area contributed by atoms with Crippen LogP contribution in [-0.2, 0) is 0 Å². The van der Waals surface area contributed by atoms with Crippen molar-refractivity contribution in [2.45, 2.75) is 25.8 Å². The Kier molecular flexibility index (Phi) is 7.22. The molecule has 1 saturated heterocycles. The molecular formula is C16H25ClN2S. The van der Waals surface area contributed by atoms with Crippen molar-refractivity contribution in [2.24, 2.45) is 0 Å². The third kappa shape index (κ3) is 4.96. The Morgan fingerprint density at radius 1 is 1.30 bits per heavy atom. The van der Waals surface area contributed by atoms with E-state index >= 15 is 0 Å². The summed E-state index contributed by atoms with van der Waals surface area (Å²) in [6.07, 6.45) is 2.45. The van der Waals surface area contributed by atoms with Crippen LogP contribution in [-0.4, -0.2) is 42.6 Å². The molecule has 20 heavy (non-hydrogen) atoms. The van der Waals surface area contributed by atoms with Gasteiger partial charge < -0.3 is 10.2 Å². The Bertz CT molecular complexity index is 392. The molecule has 112 valence electrons. The van der Waals surface area contributed by atoms with Gasteiger partial charge in [-0.2, -0.15) is 11.8 Å². The summed E-state index contributed by atoms with van der Waals surface area (Å²) < 4.78 is 0. The molecule has 1 fully saturated rings. The van der Waals surface area contributed by atoms with E-state index in [1.54, 1.807) is 0 Å². The minimum absolute atomic E-state index is 0.365. The molecule has 1 heterocycles. The number of nitrogens with one attached hydrogen (secondary N) is 1. The van der Waals surface area contributed by atoms with E-state index < -0.39 is 0 Å². The second-order valence-corrected chi connectivity index (χ2v) is 6.86. The van der Waals surface area contributed by atoms with E-state index in [4.69, 9.17) is 11.6 Å². The fraction of sp³-hybridized carbons (Fsp3) is 0.625. The molecule has 1 N–H and O–H groups in total. The molecule has 1 aromatic rings. The van der Waals surface area contributed by atoms with E-state index in [2.05, 4.69) is 41.0 Å². The summed E-state index contributed by atoms with van der Waals surface area (Å²) in [5, 5.41) is 4.46. The van der Waals surface area contributed by atoms with E-state index in [0.717, 1.165) is 24.5 Å². The number of thioether (sulfide) groups is 1. The molecule has 2 rings (SSSR count). The largest absolute Gasteiger partial charge is 0.310 e. The maximum absolute atomic E-state index is 6.35. The van der Waals surface area contributed by atoms with Crippen LogP contribution in [0.5, 0.6) is 0 Å². The number of hydrogen-bond donors (Lipinski definition) is 1. The number of hydrogen-bond acceptors (Lipinski definition) is 3. The topological polar surface area (TPSA) is 15.3 Å². The van der Waals surface area contributed by atoms with Gasteiger partial charge in [0.2, 0.25) is 0 Å². The van der Waals surface area contributed by atoms with Crippen molar-refractivity contribution in [3.63, 3.8) is 0 Å². The van der Waals surface area contributed by atoms with E-state index in [9.17, 15) is 0 Å². The molecule has 0 amide bonds. The zero-order valence-corrected chi connectivity index (χ0v) is 13.8. The zero-order valence-electron chi connectivity index (χ0n) is 12.3. The smallest absolute Gasteiger partial charge is 0.0453 e. The molecule has 0 spiro atoms. The van der Waals surface area contributed by atoms with Crippen LogP contribution >= 0.6 is 23.4 Å². The number of rotatable bonds is 6. The molecule has 1 atom stereocenters. The lowest BCUT2D eigenvalue weighted by Crippen LogP contribution is -2.31. The van der Waals surface area contributed by atoms with Gasteiger partial charge in [0.15, 0.2) is 0 Å². The lowest BCUT2D eigenvalue weighted by Gasteiger charge is -2.25. The predicted octanol–water partition coefficient (Wildman–Crippen LogP) is 3.82. The van der Waals surface area contributed by atoms with E-state index in [-0.39, 0.29) is 0 Å². The van der Waals surface area contributed by atoms with E-state index in [0.29, 0.717) is 6.04 Å².